The zero-order valence-corrected chi connectivity index (χ0v) is 12.0. The highest BCUT2D eigenvalue weighted by Crippen LogP contribution is 2.26. The standard InChI is InChI=1S/C15H19NO2S/c1-11-10-19-7-5-16(11)9-14(17)12-2-3-15-13(8-12)4-6-18-15/h2-3,8,11H,4-7,9-10H2,1H3. The molecule has 0 radical (unpaired) electrons. The second-order valence-corrected chi connectivity index (χ2v) is 6.39. The van der Waals surface area contributed by atoms with Crippen molar-refractivity contribution in [3.05, 3.63) is 29.3 Å². The summed E-state index contributed by atoms with van der Waals surface area (Å²) in [5.74, 6) is 3.44. The van der Waals surface area contributed by atoms with Gasteiger partial charge in [-0.2, -0.15) is 11.8 Å². The molecular formula is C15H19NO2S. The molecule has 102 valence electrons. The number of hydrogen-bond acceptors (Lipinski definition) is 4. The summed E-state index contributed by atoms with van der Waals surface area (Å²) in [5.41, 5.74) is 2.00. The van der Waals surface area contributed by atoms with Crippen LogP contribution >= 0.6 is 11.8 Å². The van der Waals surface area contributed by atoms with E-state index in [1.54, 1.807) is 0 Å². The molecule has 3 rings (SSSR count). The molecule has 0 spiro atoms. The van der Waals surface area contributed by atoms with Crippen molar-refractivity contribution in [3.63, 3.8) is 0 Å². The number of rotatable bonds is 3. The number of thioether (sulfide) groups is 1. The van der Waals surface area contributed by atoms with Crippen molar-refractivity contribution in [3.8, 4) is 5.75 Å². The number of ether oxygens (including phenoxy) is 1. The van der Waals surface area contributed by atoms with E-state index in [1.165, 1.54) is 5.56 Å². The predicted octanol–water partition coefficient (Wildman–Crippen LogP) is 2.24. The van der Waals surface area contributed by atoms with E-state index >= 15 is 0 Å². The van der Waals surface area contributed by atoms with Crippen LogP contribution in [-0.4, -0.2) is 47.9 Å². The van der Waals surface area contributed by atoms with E-state index in [9.17, 15) is 4.79 Å². The topological polar surface area (TPSA) is 29.5 Å². The minimum absolute atomic E-state index is 0.230. The first kappa shape index (κ1) is 13.0. The van der Waals surface area contributed by atoms with Gasteiger partial charge in [-0.3, -0.25) is 9.69 Å². The van der Waals surface area contributed by atoms with Gasteiger partial charge >= 0.3 is 0 Å². The number of benzene rings is 1. The van der Waals surface area contributed by atoms with Crippen LogP contribution in [0.25, 0.3) is 0 Å². The molecular weight excluding hydrogens is 258 g/mol. The van der Waals surface area contributed by atoms with Gasteiger partial charge < -0.3 is 4.74 Å². The van der Waals surface area contributed by atoms with Crippen LogP contribution in [0, 0.1) is 0 Å². The summed E-state index contributed by atoms with van der Waals surface area (Å²) in [6.45, 7) is 4.51. The summed E-state index contributed by atoms with van der Waals surface area (Å²) in [6.07, 6.45) is 0.924. The van der Waals surface area contributed by atoms with Crippen molar-refractivity contribution in [1.82, 2.24) is 4.90 Å². The molecule has 0 bridgehead atoms. The van der Waals surface area contributed by atoms with Crippen molar-refractivity contribution < 1.29 is 9.53 Å². The van der Waals surface area contributed by atoms with Gasteiger partial charge in [-0.1, -0.05) is 0 Å². The zero-order chi connectivity index (χ0) is 13.2. The fourth-order valence-corrected chi connectivity index (χ4v) is 3.71. The van der Waals surface area contributed by atoms with Gasteiger partial charge in [-0.15, -0.1) is 0 Å². The molecule has 0 saturated carbocycles. The van der Waals surface area contributed by atoms with Crippen LogP contribution in [-0.2, 0) is 6.42 Å². The molecule has 3 nitrogen and oxygen atoms in total. The summed E-state index contributed by atoms with van der Waals surface area (Å²) >= 11 is 1.98. The van der Waals surface area contributed by atoms with E-state index in [2.05, 4.69) is 11.8 Å². The fourth-order valence-electron chi connectivity index (χ4n) is 2.63. The molecule has 1 aromatic carbocycles. The van der Waals surface area contributed by atoms with Gasteiger partial charge in [-0.25, -0.2) is 0 Å². The van der Waals surface area contributed by atoms with Crippen LogP contribution < -0.4 is 4.74 Å². The molecule has 1 aromatic rings. The molecule has 0 N–H and O–H groups in total. The Kier molecular flexibility index (Phi) is 3.80. The summed E-state index contributed by atoms with van der Waals surface area (Å²) in [4.78, 5) is 14.7. The zero-order valence-electron chi connectivity index (χ0n) is 11.2. The van der Waals surface area contributed by atoms with Crippen molar-refractivity contribution in [2.24, 2.45) is 0 Å². The Hall–Kier alpha value is -1.00. The van der Waals surface area contributed by atoms with Crippen LogP contribution in [0.5, 0.6) is 5.75 Å². The van der Waals surface area contributed by atoms with Gasteiger partial charge in [-0.05, 0) is 30.7 Å². The maximum Gasteiger partial charge on any atom is 0.176 e. The minimum atomic E-state index is 0.230. The molecule has 0 aromatic heterocycles. The van der Waals surface area contributed by atoms with Crippen molar-refractivity contribution in [1.29, 1.82) is 0 Å². The molecule has 1 unspecified atom stereocenters. The van der Waals surface area contributed by atoms with Crippen molar-refractivity contribution in [2.75, 3.05) is 31.2 Å². The molecule has 2 heterocycles. The molecule has 1 fully saturated rings. The van der Waals surface area contributed by atoms with E-state index < -0.39 is 0 Å². The van der Waals surface area contributed by atoms with Gasteiger partial charge in [0, 0.05) is 36.1 Å². The molecule has 2 aliphatic heterocycles. The van der Waals surface area contributed by atoms with Crippen LogP contribution in [0.2, 0.25) is 0 Å². The second-order valence-electron chi connectivity index (χ2n) is 5.24. The number of carbonyl (C=O) groups is 1. The second kappa shape index (κ2) is 5.55. The average Bonchev–Trinajstić information content (AvgIpc) is 2.88. The lowest BCUT2D eigenvalue weighted by Crippen LogP contribution is -2.43. The van der Waals surface area contributed by atoms with E-state index in [0.717, 1.165) is 42.4 Å². The van der Waals surface area contributed by atoms with Gasteiger partial charge in [0.25, 0.3) is 0 Å². The molecule has 1 atom stereocenters. The highest BCUT2D eigenvalue weighted by atomic mass is 32.2. The third kappa shape index (κ3) is 2.79. The van der Waals surface area contributed by atoms with Gasteiger partial charge in [0.1, 0.15) is 5.75 Å². The quantitative estimate of drug-likeness (QED) is 0.793. The number of ketones is 1. The fraction of sp³-hybridized carbons (Fsp3) is 0.533. The number of carbonyl (C=O) groups excluding carboxylic acids is 1. The highest BCUT2D eigenvalue weighted by Gasteiger charge is 2.22. The molecule has 0 aliphatic carbocycles. The molecule has 4 heteroatoms. The summed E-state index contributed by atoms with van der Waals surface area (Å²) in [6, 6.07) is 6.34. The van der Waals surface area contributed by atoms with E-state index in [-0.39, 0.29) is 5.78 Å². The van der Waals surface area contributed by atoms with Gasteiger partial charge in [0.05, 0.1) is 13.2 Å². The highest BCUT2D eigenvalue weighted by molar-refractivity contribution is 7.99. The number of fused-ring (bicyclic) bond motifs is 1. The normalized spacial score (nSPS) is 22.9. The summed E-state index contributed by atoms with van der Waals surface area (Å²) in [7, 11) is 0. The first-order chi connectivity index (χ1) is 9.24. The first-order valence-electron chi connectivity index (χ1n) is 6.85. The molecule has 0 amide bonds. The van der Waals surface area contributed by atoms with Crippen LogP contribution in [0.4, 0.5) is 0 Å². The Labute approximate surface area is 118 Å². The van der Waals surface area contributed by atoms with Crippen LogP contribution in [0.1, 0.15) is 22.8 Å². The maximum absolute atomic E-state index is 12.4. The third-order valence-electron chi connectivity index (χ3n) is 3.86. The number of nitrogens with zero attached hydrogens (tertiary/aromatic N) is 1. The molecule has 1 saturated heterocycles. The molecule has 19 heavy (non-hydrogen) atoms. The molecule has 2 aliphatic rings. The Morgan fingerprint density at radius 3 is 3.26 bits per heavy atom. The summed E-state index contributed by atoms with van der Waals surface area (Å²) < 4.78 is 5.48. The lowest BCUT2D eigenvalue weighted by Gasteiger charge is -2.32. The van der Waals surface area contributed by atoms with E-state index in [0.29, 0.717) is 12.6 Å². The van der Waals surface area contributed by atoms with E-state index in [1.807, 2.05) is 30.0 Å². The first-order valence-corrected chi connectivity index (χ1v) is 8.00. The minimum Gasteiger partial charge on any atom is -0.493 e. The van der Waals surface area contributed by atoms with Gasteiger partial charge in [0.2, 0.25) is 0 Å². The Morgan fingerprint density at radius 2 is 2.42 bits per heavy atom. The van der Waals surface area contributed by atoms with Crippen LogP contribution in [0.3, 0.4) is 0 Å². The average molecular weight is 277 g/mol. The number of hydrogen-bond donors (Lipinski definition) is 0. The Balaban J connectivity index is 1.70. The lowest BCUT2D eigenvalue weighted by atomic mass is 10.0. The lowest BCUT2D eigenvalue weighted by molar-refractivity contribution is 0.0911. The van der Waals surface area contributed by atoms with E-state index in [4.69, 9.17) is 4.74 Å². The monoisotopic (exact) mass is 277 g/mol. The largest absolute Gasteiger partial charge is 0.493 e. The Morgan fingerprint density at radius 1 is 1.53 bits per heavy atom. The maximum atomic E-state index is 12.4. The Bertz CT molecular complexity index is 489. The summed E-state index contributed by atoms with van der Waals surface area (Å²) in [5, 5.41) is 0. The number of Topliss-reactive ketones (excluding diaryl/α,β-unsaturated/α-hetero) is 1. The van der Waals surface area contributed by atoms with Crippen molar-refractivity contribution >= 4 is 17.5 Å². The predicted molar refractivity (Wildman–Crippen MR) is 78.3 cm³/mol. The van der Waals surface area contributed by atoms with Crippen molar-refractivity contribution in [2.45, 2.75) is 19.4 Å². The SMILES string of the molecule is CC1CSCCN1CC(=O)c1ccc2c(c1)CCO2. The van der Waals surface area contributed by atoms with Crippen LogP contribution in [0.15, 0.2) is 18.2 Å². The third-order valence-corrected chi connectivity index (χ3v) is 5.05. The van der Waals surface area contributed by atoms with Gasteiger partial charge in [0.15, 0.2) is 5.78 Å². The smallest absolute Gasteiger partial charge is 0.176 e.